The molecule has 11 nitrogen and oxygen atoms in total. The molecule has 0 saturated carbocycles. The first-order valence-corrected chi connectivity index (χ1v) is 16.5. The molecule has 2 aromatic carbocycles. The zero-order valence-electron chi connectivity index (χ0n) is 23.2. The Kier molecular flexibility index (Phi) is 7.95. The van der Waals surface area contributed by atoms with Crippen LogP contribution < -0.4 is 4.90 Å². The summed E-state index contributed by atoms with van der Waals surface area (Å²) in [5.74, 6) is -1.02. The van der Waals surface area contributed by atoms with Gasteiger partial charge in [0, 0.05) is 53.3 Å². The average molecular weight is 720 g/mol. The number of carbonyl (C=O) groups excluding carboxylic acids is 2. The van der Waals surface area contributed by atoms with Gasteiger partial charge in [-0.2, -0.15) is 4.31 Å². The second-order valence-electron chi connectivity index (χ2n) is 10.6. The maximum Gasteiger partial charge on any atom is 0.276 e. The molecule has 228 valence electrons. The van der Waals surface area contributed by atoms with Gasteiger partial charge in [-0.25, -0.2) is 23.3 Å². The van der Waals surface area contributed by atoms with Crippen molar-refractivity contribution in [3.63, 3.8) is 0 Å². The predicted octanol–water partition coefficient (Wildman–Crippen LogP) is 4.84. The lowest BCUT2D eigenvalue weighted by Crippen LogP contribution is -2.51. The molecule has 1 N–H and O–H groups in total. The number of sulfonamides is 1. The third kappa shape index (κ3) is 5.26. The molecule has 0 spiro atoms. The van der Waals surface area contributed by atoms with Crippen molar-refractivity contribution in [1.82, 2.24) is 23.7 Å². The Bertz CT molecular complexity index is 1880. The van der Waals surface area contributed by atoms with Gasteiger partial charge in [-0.05, 0) is 55.0 Å². The number of amides is 2. The van der Waals surface area contributed by atoms with E-state index in [1.165, 1.54) is 49.3 Å². The van der Waals surface area contributed by atoms with Gasteiger partial charge in [-0.3, -0.25) is 14.2 Å². The van der Waals surface area contributed by atoms with E-state index in [9.17, 15) is 23.1 Å². The Morgan fingerprint density at radius 2 is 1.68 bits per heavy atom. The number of anilines is 2. The number of hydrogen-bond acceptors (Lipinski definition) is 7. The molecule has 2 amide bonds. The third-order valence-corrected chi connectivity index (χ3v) is 10.6. The monoisotopic (exact) mass is 718 g/mol. The summed E-state index contributed by atoms with van der Waals surface area (Å²) in [6.07, 6.45) is 2.83. The number of piperazine rings is 1. The summed E-state index contributed by atoms with van der Waals surface area (Å²) in [4.78, 5) is 38.4. The fourth-order valence-electron chi connectivity index (χ4n) is 5.59. The van der Waals surface area contributed by atoms with E-state index in [-0.39, 0.29) is 55.0 Å². The molecule has 15 heteroatoms. The largest absolute Gasteiger partial charge is 0.505 e. The first kappa shape index (κ1) is 30.5. The summed E-state index contributed by atoms with van der Waals surface area (Å²) in [6, 6.07) is 15.0. The summed E-state index contributed by atoms with van der Waals surface area (Å²) in [6.45, 7) is 1.83. The number of hydrogen-bond donors (Lipinski definition) is 1. The number of fused-ring (bicyclic) bond motifs is 1. The Morgan fingerprint density at radius 3 is 2.32 bits per heavy atom. The number of rotatable bonds is 6. The molecule has 0 unspecified atom stereocenters. The summed E-state index contributed by atoms with van der Waals surface area (Å²) < 4.78 is 32.0. The quantitative estimate of drug-likeness (QED) is 0.302. The number of carbonyl (C=O) groups is 2. The van der Waals surface area contributed by atoms with Crippen molar-refractivity contribution in [2.45, 2.75) is 23.9 Å². The van der Waals surface area contributed by atoms with Crippen LogP contribution in [0.1, 0.15) is 23.0 Å². The number of aromatic nitrogens is 3. The maximum absolute atomic E-state index is 14.3. The van der Waals surface area contributed by atoms with Crippen LogP contribution in [0.2, 0.25) is 10.0 Å². The predicted molar refractivity (Wildman–Crippen MR) is 168 cm³/mol. The molecule has 1 atom stereocenters. The first-order chi connectivity index (χ1) is 20.9. The molecular formula is C29H25BrCl2N6O5S. The molecule has 0 aliphatic carbocycles. The van der Waals surface area contributed by atoms with Gasteiger partial charge in [0.1, 0.15) is 11.3 Å². The highest BCUT2D eigenvalue weighted by Gasteiger charge is 2.52. The molecular weight excluding hydrogens is 695 g/mol. The molecule has 6 rings (SSSR count). The Morgan fingerprint density at radius 1 is 1.02 bits per heavy atom. The van der Waals surface area contributed by atoms with Gasteiger partial charge in [0.05, 0.1) is 11.9 Å². The highest BCUT2D eigenvalue weighted by molar-refractivity contribution is 9.10. The average Bonchev–Trinajstić information content (AvgIpc) is 3.52. The topological polar surface area (TPSA) is 129 Å². The van der Waals surface area contributed by atoms with Gasteiger partial charge >= 0.3 is 0 Å². The number of pyridine rings is 1. The van der Waals surface area contributed by atoms with Crippen LogP contribution in [-0.4, -0.2) is 75.3 Å². The Balaban J connectivity index is 1.36. The number of nitrogens with zero attached hydrogens (tertiary/aromatic N) is 6. The van der Waals surface area contributed by atoms with E-state index >= 15 is 0 Å². The number of imidazole rings is 1. The van der Waals surface area contributed by atoms with E-state index in [2.05, 4.69) is 25.9 Å². The SMILES string of the molecule is C[C@]1(Cc2ccc(Br)cc2)C(=O)N(c2cc(Cl)cc(Cl)c2)c2ncc(S(=O)(=O)N3CCN(C(=O)c4ncccc4O)CC3)n21. The van der Waals surface area contributed by atoms with E-state index in [0.717, 1.165) is 10.0 Å². The fourth-order valence-corrected chi connectivity index (χ4v) is 7.98. The van der Waals surface area contributed by atoms with Gasteiger partial charge < -0.3 is 10.0 Å². The molecule has 1 fully saturated rings. The summed E-state index contributed by atoms with van der Waals surface area (Å²) >= 11 is 16.0. The maximum atomic E-state index is 14.3. The standard InChI is InChI=1S/C29H25BrCl2N6O5S/c1-29(16-18-4-6-19(30)7-5-18)27(41)37(22-14-20(31)13-21(32)15-22)28-34-17-24(38(28)29)44(42,43)36-11-9-35(10-12-36)26(40)25-23(39)3-2-8-33-25/h2-8,13-15,17,39H,9-12,16H2,1H3/t29-/m0/s1. The van der Waals surface area contributed by atoms with Crippen molar-refractivity contribution in [2.75, 3.05) is 31.1 Å². The minimum absolute atomic E-state index is 0.00678. The first-order valence-electron chi connectivity index (χ1n) is 13.5. The molecule has 4 aromatic rings. The number of halogens is 3. The lowest BCUT2D eigenvalue weighted by molar-refractivity contribution is -0.124. The van der Waals surface area contributed by atoms with E-state index in [4.69, 9.17) is 23.2 Å². The van der Waals surface area contributed by atoms with Gasteiger partial charge in [0.15, 0.2) is 10.7 Å². The second kappa shape index (κ2) is 11.5. The zero-order chi connectivity index (χ0) is 31.4. The van der Waals surface area contributed by atoms with Crippen molar-refractivity contribution >= 4 is 72.6 Å². The van der Waals surface area contributed by atoms with E-state index < -0.39 is 27.4 Å². The molecule has 0 radical (unpaired) electrons. The van der Waals surface area contributed by atoms with Crippen molar-refractivity contribution in [2.24, 2.45) is 0 Å². The molecule has 2 aromatic heterocycles. The zero-order valence-corrected chi connectivity index (χ0v) is 27.1. The lowest BCUT2D eigenvalue weighted by atomic mass is 9.92. The fraction of sp³-hybridized carbons (Fsp3) is 0.241. The molecule has 1 saturated heterocycles. The van der Waals surface area contributed by atoms with Crippen molar-refractivity contribution < 1.29 is 23.1 Å². The third-order valence-electron chi connectivity index (χ3n) is 7.75. The van der Waals surface area contributed by atoms with E-state index in [0.29, 0.717) is 15.7 Å². The van der Waals surface area contributed by atoms with Gasteiger partial charge in [0.2, 0.25) is 5.95 Å². The minimum atomic E-state index is -4.19. The lowest BCUT2D eigenvalue weighted by Gasteiger charge is -2.34. The van der Waals surface area contributed by atoms with Crippen LogP contribution in [0.3, 0.4) is 0 Å². The molecule has 44 heavy (non-hydrogen) atoms. The minimum Gasteiger partial charge on any atom is -0.505 e. The van der Waals surface area contributed by atoms with Crippen LogP contribution >= 0.6 is 39.1 Å². The summed E-state index contributed by atoms with van der Waals surface area (Å²) in [5, 5.41) is 10.5. The molecule has 4 heterocycles. The van der Waals surface area contributed by atoms with Crippen LogP contribution in [0.4, 0.5) is 11.6 Å². The Labute approximate surface area is 271 Å². The van der Waals surface area contributed by atoms with Gasteiger partial charge in [0.25, 0.3) is 21.8 Å². The summed E-state index contributed by atoms with van der Waals surface area (Å²) in [5.41, 5.74) is -0.318. The van der Waals surface area contributed by atoms with Crippen LogP contribution in [0, 0.1) is 0 Å². The van der Waals surface area contributed by atoms with Crippen molar-refractivity contribution in [1.29, 1.82) is 0 Å². The van der Waals surface area contributed by atoms with Gasteiger partial charge in [-0.15, -0.1) is 0 Å². The Hall–Kier alpha value is -3.49. The van der Waals surface area contributed by atoms with Gasteiger partial charge in [-0.1, -0.05) is 51.3 Å². The second-order valence-corrected chi connectivity index (χ2v) is 14.3. The molecule has 0 bridgehead atoms. The van der Waals surface area contributed by atoms with Crippen molar-refractivity contribution in [3.05, 3.63) is 92.8 Å². The van der Waals surface area contributed by atoms with Crippen LogP contribution in [0.25, 0.3) is 0 Å². The van der Waals surface area contributed by atoms with Crippen molar-refractivity contribution in [3.8, 4) is 5.75 Å². The highest BCUT2D eigenvalue weighted by Crippen LogP contribution is 2.45. The normalized spacial score (nSPS) is 19.0. The van der Waals surface area contributed by atoms with Crippen LogP contribution in [-0.2, 0) is 26.8 Å². The van der Waals surface area contributed by atoms with E-state index in [1.807, 2.05) is 24.3 Å². The number of benzene rings is 2. The van der Waals surface area contributed by atoms with E-state index in [1.54, 1.807) is 19.1 Å². The smallest absolute Gasteiger partial charge is 0.276 e. The van der Waals surface area contributed by atoms with Crippen LogP contribution in [0.5, 0.6) is 5.75 Å². The van der Waals surface area contributed by atoms with Crippen LogP contribution in [0.15, 0.2) is 76.5 Å². The highest BCUT2D eigenvalue weighted by atomic mass is 79.9. The number of aromatic hydroxyl groups is 1. The molecule has 2 aliphatic rings. The molecule has 2 aliphatic heterocycles. The summed E-state index contributed by atoms with van der Waals surface area (Å²) in [7, 11) is -4.19.